The molecule has 2 atom stereocenters. The summed E-state index contributed by atoms with van der Waals surface area (Å²) in [6.45, 7) is 3.65. The molecule has 0 amide bonds. The first-order chi connectivity index (χ1) is 14.5. The second kappa shape index (κ2) is 7.32. The normalized spacial score (nSPS) is 20.7. The van der Waals surface area contributed by atoms with Crippen LogP contribution in [0.25, 0.3) is 11.2 Å². The van der Waals surface area contributed by atoms with Gasteiger partial charge in [0.05, 0.1) is 25.5 Å². The molecule has 2 aliphatic rings. The van der Waals surface area contributed by atoms with Crippen molar-refractivity contribution in [3.63, 3.8) is 0 Å². The lowest BCUT2D eigenvalue weighted by atomic mass is 9.95. The number of rotatable bonds is 5. The fraction of sp³-hybridized carbons (Fsp3) is 0.478. The van der Waals surface area contributed by atoms with E-state index in [-0.39, 0.29) is 0 Å². The Morgan fingerprint density at radius 3 is 2.80 bits per heavy atom. The van der Waals surface area contributed by atoms with Crippen molar-refractivity contribution in [2.75, 3.05) is 20.2 Å². The zero-order valence-electron chi connectivity index (χ0n) is 17.4. The van der Waals surface area contributed by atoms with Crippen LogP contribution in [0.5, 0.6) is 5.75 Å². The molecule has 1 N–H and O–H groups in total. The Kier molecular flexibility index (Phi) is 4.75. The van der Waals surface area contributed by atoms with Gasteiger partial charge in [0, 0.05) is 30.3 Å². The van der Waals surface area contributed by atoms with Crippen LogP contribution < -0.4 is 4.74 Å². The van der Waals surface area contributed by atoms with Gasteiger partial charge in [-0.2, -0.15) is 0 Å². The number of aliphatic hydroxyl groups is 1. The first kappa shape index (κ1) is 19.5. The SMILES string of the molecule is COc1ccc(C(C)(O)Cn2c3c(c4nc(CF)cnc42)C2CCCN2CC3)cc1. The summed E-state index contributed by atoms with van der Waals surface area (Å²) in [5.41, 5.74) is 3.96. The second-order valence-electron chi connectivity index (χ2n) is 8.56. The Labute approximate surface area is 175 Å². The maximum atomic E-state index is 13.3. The van der Waals surface area contributed by atoms with E-state index in [1.807, 2.05) is 31.2 Å². The van der Waals surface area contributed by atoms with Gasteiger partial charge in [-0.15, -0.1) is 0 Å². The van der Waals surface area contributed by atoms with E-state index in [1.165, 1.54) is 17.5 Å². The van der Waals surface area contributed by atoms with Gasteiger partial charge in [-0.3, -0.25) is 4.90 Å². The highest BCUT2D eigenvalue weighted by Gasteiger charge is 2.38. The maximum Gasteiger partial charge on any atom is 0.159 e. The summed E-state index contributed by atoms with van der Waals surface area (Å²) in [7, 11) is 1.63. The number of alkyl halides is 1. The molecule has 0 spiro atoms. The number of methoxy groups -OCH3 is 1. The summed E-state index contributed by atoms with van der Waals surface area (Å²) >= 11 is 0. The summed E-state index contributed by atoms with van der Waals surface area (Å²) in [5, 5.41) is 11.4. The largest absolute Gasteiger partial charge is 0.497 e. The zero-order chi connectivity index (χ0) is 20.9. The standard InChI is InChI=1S/C23H27FN4O2/c1-23(29,15-5-7-17(30-2)8-6-15)14-28-19-9-11-27-10-3-4-18(27)20(19)21-22(28)25-13-16(12-24)26-21/h5-8,13,18,29H,3-4,9-12,14H2,1-2H3. The van der Waals surface area contributed by atoms with E-state index >= 15 is 0 Å². The lowest BCUT2D eigenvalue weighted by Gasteiger charge is -2.32. The number of nitrogens with zero attached hydrogens (tertiary/aromatic N) is 4. The Morgan fingerprint density at radius 1 is 1.27 bits per heavy atom. The van der Waals surface area contributed by atoms with Gasteiger partial charge in [-0.05, 0) is 44.0 Å². The Balaban J connectivity index is 1.62. The van der Waals surface area contributed by atoms with Gasteiger partial charge in [0.25, 0.3) is 0 Å². The van der Waals surface area contributed by atoms with Crippen LogP contribution in [0.3, 0.4) is 0 Å². The summed E-state index contributed by atoms with van der Waals surface area (Å²) < 4.78 is 20.7. The van der Waals surface area contributed by atoms with Crippen LogP contribution in [-0.2, 0) is 25.2 Å². The monoisotopic (exact) mass is 410 g/mol. The minimum absolute atomic E-state index is 0.313. The summed E-state index contributed by atoms with van der Waals surface area (Å²) in [4.78, 5) is 11.7. The van der Waals surface area contributed by atoms with E-state index in [1.54, 1.807) is 7.11 Å². The molecule has 0 saturated carbocycles. The smallest absolute Gasteiger partial charge is 0.159 e. The van der Waals surface area contributed by atoms with Gasteiger partial charge in [-0.25, -0.2) is 14.4 Å². The van der Waals surface area contributed by atoms with Crippen molar-refractivity contribution in [1.82, 2.24) is 19.4 Å². The number of benzene rings is 1. The van der Waals surface area contributed by atoms with Crippen molar-refractivity contribution >= 4 is 11.2 Å². The molecule has 1 saturated heterocycles. The first-order valence-corrected chi connectivity index (χ1v) is 10.6. The number of fused-ring (bicyclic) bond motifs is 5. The molecular formula is C23H27FN4O2. The number of aromatic nitrogens is 3. The number of hydrogen-bond acceptors (Lipinski definition) is 5. The van der Waals surface area contributed by atoms with Crippen molar-refractivity contribution in [3.8, 4) is 5.75 Å². The first-order valence-electron chi connectivity index (χ1n) is 10.6. The van der Waals surface area contributed by atoms with Crippen molar-refractivity contribution in [1.29, 1.82) is 0 Å². The fourth-order valence-corrected chi connectivity index (χ4v) is 5.08. The van der Waals surface area contributed by atoms with E-state index in [0.717, 1.165) is 54.8 Å². The minimum atomic E-state index is -1.10. The quantitative estimate of drug-likeness (QED) is 0.697. The minimum Gasteiger partial charge on any atom is -0.497 e. The topological polar surface area (TPSA) is 63.4 Å². The third kappa shape index (κ3) is 3.08. The molecule has 1 fully saturated rings. The average Bonchev–Trinajstić information content (AvgIpc) is 3.36. The van der Waals surface area contributed by atoms with E-state index in [4.69, 9.17) is 4.74 Å². The molecule has 158 valence electrons. The third-order valence-corrected chi connectivity index (χ3v) is 6.60. The Hall–Kier alpha value is -2.51. The van der Waals surface area contributed by atoms with Gasteiger partial charge in [-0.1, -0.05) is 12.1 Å². The average molecular weight is 410 g/mol. The molecule has 4 heterocycles. The molecule has 5 rings (SSSR count). The van der Waals surface area contributed by atoms with Crippen molar-refractivity contribution in [3.05, 3.63) is 53.0 Å². The molecular weight excluding hydrogens is 383 g/mol. The highest BCUT2D eigenvalue weighted by atomic mass is 19.1. The van der Waals surface area contributed by atoms with Crippen molar-refractivity contribution in [2.45, 2.75) is 51.0 Å². The van der Waals surface area contributed by atoms with Crippen LogP contribution in [0.2, 0.25) is 0 Å². The molecule has 2 aliphatic heterocycles. The van der Waals surface area contributed by atoms with Gasteiger partial charge < -0.3 is 14.4 Å². The molecule has 6 nitrogen and oxygen atoms in total. The van der Waals surface area contributed by atoms with Crippen LogP contribution in [0.1, 0.15) is 48.3 Å². The molecule has 2 aromatic heterocycles. The molecule has 7 heteroatoms. The predicted molar refractivity (Wildman–Crippen MR) is 112 cm³/mol. The lowest BCUT2D eigenvalue weighted by molar-refractivity contribution is 0.0381. The van der Waals surface area contributed by atoms with Crippen LogP contribution >= 0.6 is 0 Å². The fourth-order valence-electron chi connectivity index (χ4n) is 5.08. The highest BCUT2D eigenvalue weighted by Crippen LogP contribution is 2.42. The van der Waals surface area contributed by atoms with Gasteiger partial charge in [0.2, 0.25) is 0 Å². The Bertz CT molecular complexity index is 1080. The molecule has 0 aliphatic carbocycles. The van der Waals surface area contributed by atoms with E-state index < -0.39 is 12.3 Å². The van der Waals surface area contributed by atoms with E-state index in [0.29, 0.717) is 18.3 Å². The Morgan fingerprint density at radius 2 is 2.07 bits per heavy atom. The van der Waals surface area contributed by atoms with Gasteiger partial charge in [0.1, 0.15) is 23.5 Å². The van der Waals surface area contributed by atoms with Crippen molar-refractivity contribution in [2.24, 2.45) is 0 Å². The van der Waals surface area contributed by atoms with Crippen molar-refractivity contribution < 1.29 is 14.2 Å². The van der Waals surface area contributed by atoms with Crippen LogP contribution in [-0.4, -0.2) is 44.7 Å². The molecule has 1 aromatic carbocycles. The molecule has 2 unspecified atom stereocenters. The number of ether oxygens (including phenoxy) is 1. The molecule has 0 radical (unpaired) electrons. The lowest BCUT2D eigenvalue weighted by Crippen LogP contribution is -2.33. The molecule has 30 heavy (non-hydrogen) atoms. The van der Waals surface area contributed by atoms with Crippen LogP contribution in [0.4, 0.5) is 4.39 Å². The maximum absolute atomic E-state index is 13.3. The molecule has 0 bridgehead atoms. The zero-order valence-corrected chi connectivity index (χ0v) is 17.4. The van der Waals surface area contributed by atoms with E-state index in [9.17, 15) is 9.50 Å². The van der Waals surface area contributed by atoms with Crippen LogP contribution in [0.15, 0.2) is 30.5 Å². The molecule has 3 aromatic rings. The predicted octanol–water partition coefficient (Wildman–Crippen LogP) is 3.51. The van der Waals surface area contributed by atoms with Crippen LogP contribution in [0, 0.1) is 0 Å². The third-order valence-electron chi connectivity index (χ3n) is 6.60. The highest BCUT2D eigenvalue weighted by molar-refractivity contribution is 5.79. The second-order valence-corrected chi connectivity index (χ2v) is 8.56. The van der Waals surface area contributed by atoms with Gasteiger partial charge in [0.15, 0.2) is 5.65 Å². The summed E-state index contributed by atoms with van der Waals surface area (Å²) in [6, 6.07) is 7.81. The summed E-state index contributed by atoms with van der Waals surface area (Å²) in [6.07, 6.45) is 4.64. The number of halogens is 1. The van der Waals surface area contributed by atoms with E-state index in [2.05, 4.69) is 19.4 Å². The van der Waals surface area contributed by atoms with Gasteiger partial charge >= 0.3 is 0 Å². The summed E-state index contributed by atoms with van der Waals surface area (Å²) in [5.74, 6) is 0.754. The number of hydrogen-bond donors (Lipinski definition) is 1.